The molecule has 2 heterocycles. The molecule has 74 valence electrons. The first-order chi connectivity index (χ1) is 7.43. The highest BCUT2D eigenvalue weighted by Crippen LogP contribution is 2.30. The van der Waals surface area contributed by atoms with E-state index in [-0.39, 0.29) is 0 Å². The van der Waals surface area contributed by atoms with Gasteiger partial charge in [-0.15, -0.1) is 11.3 Å². The van der Waals surface area contributed by atoms with E-state index in [0.717, 1.165) is 9.92 Å². The predicted octanol–water partition coefficient (Wildman–Crippen LogP) is 3.80. The lowest BCUT2D eigenvalue weighted by Gasteiger charge is -2.02. The van der Waals surface area contributed by atoms with Crippen LogP contribution in [0.25, 0.3) is 10.1 Å². The summed E-state index contributed by atoms with van der Waals surface area (Å²) < 4.78 is 1.28. The lowest BCUT2D eigenvalue weighted by molar-refractivity contribution is 0.269. The third kappa shape index (κ3) is 1.66. The molecule has 0 bridgehead atoms. The molecular formula is C11H7NOS2. The number of hydrogen-bond acceptors (Lipinski definition) is 4. The van der Waals surface area contributed by atoms with Crippen molar-refractivity contribution >= 4 is 38.2 Å². The highest BCUT2D eigenvalue weighted by atomic mass is 32.2. The minimum atomic E-state index is 0.929. The molecule has 0 spiro atoms. The Kier molecular flexibility index (Phi) is 2.23. The fourth-order valence-corrected chi connectivity index (χ4v) is 3.11. The summed E-state index contributed by atoms with van der Waals surface area (Å²) in [5.41, 5.74) is 0. The number of hydrogen-bond donors (Lipinski definition) is 0. The minimum absolute atomic E-state index is 0.929. The van der Waals surface area contributed by atoms with Crippen molar-refractivity contribution in [2.24, 2.45) is 5.16 Å². The number of oxime groups is 1. The predicted molar refractivity (Wildman–Crippen MR) is 66.2 cm³/mol. The largest absolute Gasteiger partial charge is 0.363 e. The molecule has 1 aromatic carbocycles. The summed E-state index contributed by atoms with van der Waals surface area (Å²) in [5, 5.41) is 8.08. The van der Waals surface area contributed by atoms with Gasteiger partial charge in [0.1, 0.15) is 6.26 Å². The molecule has 0 amide bonds. The number of benzene rings is 1. The van der Waals surface area contributed by atoms with Gasteiger partial charge in [0.25, 0.3) is 0 Å². The van der Waals surface area contributed by atoms with Crippen molar-refractivity contribution in [1.29, 1.82) is 0 Å². The molecule has 0 aliphatic carbocycles. The number of thiophene rings is 1. The first-order valence-electron chi connectivity index (χ1n) is 4.48. The number of fused-ring (bicyclic) bond motifs is 1. The zero-order chi connectivity index (χ0) is 10.1. The standard InChI is InChI=1S/C11H7NOS2/c1-2-4-9-8(3-1)7-10(15-9)11-12-13-5-6-14-11/h1-7H. The van der Waals surface area contributed by atoms with E-state index in [1.165, 1.54) is 10.1 Å². The van der Waals surface area contributed by atoms with E-state index in [1.807, 2.05) is 11.5 Å². The van der Waals surface area contributed by atoms with E-state index in [0.29, 0.717) is 0 Å². The van der Waals surface area contributed by atoms with E-state index in [1.54, 1.807) is 29.4 Å². The SMILES string of the molecule is C1=CSC(c2cc3ccccc3s2)=NO1. The molecule has 4 heteroatoms. The highest BCUT2D eigenvalue weighted by molar-refractivity contribution is 8.17. The van der Waals surface area contributed by atoms with Gasteiger partial charge in [-0.3, -0.25) is 0 Å². The fraction of sp³-hybridized carbons (Fsp3) is 0. The third-order valence-corrected chi connectivity index (χ3v) is 4.08. The Bertz CT molecular complexity index is 523. The zero-order valence-electron chi connectivity index (χ0n) is 7.71. The van der Waals surface area contributed by atoms with Gasteiger partial charge in [0, 0.05) is 10.1 Å². The molecule has 0 unspecified atom stereocenters. The van der Waals surface area contributed by atoms with Crippen LogP contribution in [0.5, 0.6) is 0 Å². The summed E-state index contributed by atoms with van der Waals surface area (Å²) in [6, 6.07) is 10.5. The zero-order valence-corrected chi connectivity index (χ0v) is 9.35. The Balaban J connectivity index is 2.08. The summed E-state index contributed by atoms with van der Waals surface area (Å²) in [4.78, 5) is 6.08. The van der Waals surface area contributed by atoms with Crippen molar-refractivity contribution in [2.75, 3.05) is 0 Å². The lowest BCUT2D eigenvalue weighted by Crippen LogP contribution is -1.93. The van der Waals surface area contributed by atoms with Crippen LogP contribution in [0, 0.1) is 0 Å². The number of rotatable bonds is 1. The molecule has 0 N–H and O–H groups in total. The Morgan fingerprint density at radius 2 is 2.13 bits per heavy atom. The molecule has 1 aromatic heterocycles. The normalized spacial score (nSPS) is 15.1. The van der Waals surface area contributed by atoms with Crippen molar-refractivity contribution < 1.29 is 4.84 Å². The second-order valence-electron chi connectivity index (χ2n) is 3.04. The van der Waals surface area contributed by atoms with Crippen LogP contribution >= 0.6 is 23.1 Å². The molecule has 0 fully saturated rings. The van der Waals surface area contributed by atoms with Gasteiger partial charge in [0.05, 0.1) is 4.88 Å². The maximum atomic E-state index is 4.93. The van der Waals surface area contributed by atoms with Gasteiger partial charge < -0.3 is 4.84 Å². The summed E-state index contributed by atoms with van der Waals surface area (Å²) in [5.74, 6) is 0. The topological polar surface area (TPSA) is 21.6 Å². The first kappa shape index (κ1) is 9.00. The Hall–Kier alpha value is -1.26. The minimum Gasteiger partial charge on any atom is -0.363 e. The van der Waals surface area contributed by atoms with Crippen LogP contribution in [0.4, 0.5) is 0 Å². The Morgan fingerprint density at radius 3 is 2.93 bits per heavy atom. The van der Waals surface area contributed by atoms with Crippen molar-refractivity contribution in [3.8, 4) is 0 Å². The van der Waals surface area contributed by atoms with Gasteiger partial charge >= 0.3 is 0 Å². The van der Waals surface area contributed by atoms with Gasteiger partial charge in [-0.2, -0.15) is 0 Å². The monoisotopic (exact) mass is 233 g/mol. The van der Waals surface area contributed by atoms with E-state index >= 15 is 0 Å². The van der Waals surface area contributed by atoms with Crippen LogP contribution in [-0.4, -0.2) is 5.04 Å². The van der Waals surface area contributed by atoms with Crippen LogP contribution in [0.15, 0.2) is 47.2 Å². The first-order valence-corrected chi connectivity index (χ1v) is 6.17. The van der Waals surface area contributed by atoms with Crippen LogP contribution in [0.1, 0.15) is 4.88 Å². The van der Waals surface area contributed by atoms with Crippen LogP contribution in [-0.2, 0) is 4.84 Å². The quantitative estimate of drug-likeness (QED) is 0.747. The number of nitrogens with zero attached hydrogens (tertiary/aromatic N) is 1. The molecular weight excluding hydrogens is 226 g/mol. The molecule has 0 saturated carbocycles. The van der Waals surface area contributed by atoms with E-state index in [4.69, 9.17) is 4.84 Å². The Morgan fingerprint density at radius 1 is 1.20 bits per heavy atom. The summed E-state index contributed by atoms with van der Waals surface area (Å²) in [6.07, 6.45) is 1.58. The van der Waals surface area contributed by atoms with Gasteiger partial charge in [-0.1, -0.05) is 35.1 Å². The maximum Gasteiger partial charge on any atom is 0.158 e. The van der Waals surface area contributed by atoms with Crippen LogP contribution in [0.2, 0.25) is 0 Å². The average Bonchev–Trinajstić information content (AvgIpc) is 2.74. The molecule has 1 aliphatic rings. The van der Waals surface area contributed by atoms with Crippen LogP contribution < -0.4 is 0 Å². The average molecular weight is 233 g/mol. The summed E-state index contributed by atoms with van der Waals surface area (Å²) in [7, 11) is 0. The van der Waals surface area contributed by atoms with Crippen molar-refractivity contribution in [2.45, 2.75) is 0 Å². The molecule has 1 aliphatic heterocycles. The molecule has 3 rings (SSSR count). The summed E-state index contributed by atoms with van der Waals surface area (Å²) in [6.45, 7) is 0. The van der Waals surface area contributed by atoms with Crippen molar-refractivity contribution in [1.82, 2.24) is 0 Å². The molecule has 2 aromatic rings. The van der Waals surface area contributed by atoms with Crippen LogP contribution in [0.3, 0.4) is 0 Å². The Labute approximate surface area is 95.2 Å². The lowest BCUT2D eigenvalue weighted by atomic mass is 10.2. The second-order valence-corrected chi connectivity index (χ2v) is 5.02. The van der Waals surface area contributed by atoms with Gasteiger partial charge in [-0.25, -0.2) is 0 Å². The molecule has 2 nitrogen and oxygen atoms in total. The summed E-state index contributed by atoms with van der Waals surface area (Å²) >= 11 is 3.32. The van der Waals surface area contributed by atoms with Crippen molar-refractivity contribution in [3.63, 3.8) is 0 Å². The molecule has 15 heavy (non-hydrogen) atoms. The van der Waals surface area contributed by atoms with Crippen molar-refractivity contribution in [3.05, 3.63) is 46.9 Å². The van der Waals surface area contributed by atoms with Gasteiger partial charge in [0.2, 0.25) is 0 Å². The molecule has 0 saturated heterocycles. The van der Waals surface area contributed by atoms with E-state index < -0.39 is 0 Å². The van der Waals surface area contributed by atoms with Gasteiger partial charge in [-0.05, 0) is 17.5 Å². The van der Waals surface area contributed by atoms with E-state index in [9.17, 15) is 0 Å². The third-order valence-electron chi connectivity index (χ3n) is 2.07. The molecule has 0 radical (unpaired) electrons. The smallest absolute Gasteiger partial charge is 0.158 e. The fourth-order valence-electron chi connectivity index (χ4n) is 1.41. The molecule has 0 atom stereocenters. The second kappa shape index (κ2) is 3.72. The highest BCUT2D eigenvalue weighted by Gasteiger charge is 2.10. The van der Waals surface area contributed by atoms with Gasteiger partial charge in [0.15, 0.2) is 5.04 Å². The number of thioether (sulfide) groups is 1. The maximum absolute atomic E-state index is 4.93. The van der Waals surface area contributed by atoms with E-state index in [2.05, 4.69) is 29.4 Å².